The number of benzene rings is 2. The topological polar surface area (TPSA) is 34.9 Å². The third-order valence-electron chi connectivity index (χ3n) is 4.06. The molecule has 0 radical (unpaired) electrons. The first-order chi connectivity index (χ1) is 11.6. The molecule has 4 aromatic rings. The van der Waals surface area contributed by atoms with Crippen LogP contribution in [0.2, 0.25) is 5.15 Å². The molecule has 0 N–H and O–H groups in total. The van der Waals surface area contributed by atoms with E-state index in [0.717, 1.165) is 26.3 Å². The highest BCUT2D eigenvalue weighted by Crippen LogP contribution is 2.23. The quantitative estimate of drug-likeness (QED) is 0.444. The van der Waals surface area contributed by atoms with E-state index in [9.17, 15) is 4.79 Å². The van der Waals surface area contributed by atoms with Gasteiger partial charge in [0.15, 0.2) is 0 Å². The average Bonchev–Trinajstić information content (AvgIpc) is 2.58. The molecule has 0 amide bonds. The van der Waals surface area contributed by atoms with E-state index in [1.54, 1.807) is 10.8 Å². The summed E-state index contributed by atoms with van der Waals surface area (Å²) in [5.41, 5.74) is 1.63. The molecule has 5 heteroatoms. The van der Waals surface area contributed by atoms with E-state index in [1.165, 1.54) is 0 Å². The highest BCUT2D eigenvalue weighted by atomic mass is 79.9. The van der Waals surface area contributed by atoms with Gasteiger partial charge in [-0.1, -0.05) is 51.8 Å². The normalized spacial score (nSPS) is 11.2. The van der Waals surface area contributed by atoms with E-state index >= 15 is 0 Å². The van der Waals surface area contributed by atoms with Crippen molar-refractivity contribution in [2.45, 2.75) is 6.54 Å². The summed E-state index contributed by atoms with van der Waals surface area (Å²) in [6.07, 6.45) is 1.79. The van der Waals surface area contributed by atoms with Gasteiger partial charge in [0, 0.05) is 32.4 Å². The van der Waals surface area contributed by atoms with Crippen LogP contribution in [0.1, 0.15) is 5.56 Å². The van der Waals surface area contributed by atoms with Crippen molar-refractivity contribution in [3.63, 3.8) is 0 Å². The lowest BCUT2D eigenvalue weighted by Gasteiger charge is -2.10. The number of pyridine rings is 2. The molecule has 4 rings (SSSR count). The lowest BCUT2D eigenvalue weighted by molar-refractivity contribution is 0.766. The molecule has 0 bridgehead atoms. The third-order valence-corrected chi connectivity index (χ3v) is 5.07. The molecule has 0 aliphatic rings. The number of nitrogens with zero attached hydrogens (tertiary/aromatic N) is 2. The largest absolute Gasteiger partial charge is 0.310 e. The molecule has 2 aromatic carbocycles. The Balaban J connectivity index is 1.84. The van der Waals surface area contributed by atoms with Gasteiger partial charge < -0.3 is 4.57 Å². The number of hydrogen-bond acceptors (Lipinski definition) is 2. The van der Waals surface area contributed by atoms with Crippen molar-refractivity contribution in [2.24, 2.45) is 0 Å². The fraction of sp³-hybridized carbons (Fsp3) is 0.0526. The molecule has 0 saturated carbocycles. The molecule has 0 saturated heterocycles. The van der Waals surface area contributed by atoms with Crippen LogP contribution in [-0.2, 0) is 6.54 Å². The Kier molecular flexibility index (Phi) is 3.87. The van der Waals surface area contributed by atoms with E-state index < -0.39 is 0 Å². The van der Waals surface area contributed by atoms with Gasteiger partial charge in [-0.05, 0) is 30.3 Å². The van der Waals surface area contributed by atoms with Crippen molar-refractivity contribution in [2.75, 3.05) is 0 Å². The first-order valence-corrected chi connectivity index (χ1v) is 8.62. The summed E-state index contributed by atoms with van der Waals surface area (Å²) in [6.45, 7) is 0.387. The Bertz CT molecular complexity index is 1140. The van der Waals surface area contributed by atoms with Gasteiger partial charge in [-0.3, -0.25) is 4.79 Å². The Labute approximate surface area is 151 Å². The highest BCUT2D eigenvalue weighted by molar-refractivity contribution is 9.10. The third kappa shape index (κ3) is 2.62. The van der Waals surface area contributed by atoms with Crippen LogP contribution in [0.5, 0.6) is 0 Å². The minimum absolute atomic E-state index is 0.0435. The maximum Gasteiger partial charge on any atom is 0.258 e. The second-order valence-electron chi connectivity index (χ2n) is 5.58. The number of fused-ring (bicyclic) bond motifs is 2. The van der Waals surface area contributed by atoms with Gasteiger partial charge in [0.05, 0.1) is 12.1 Å². The molecule has 2 heterocycles. The van der Waals surface area contributed by atoms with Crippen LogP contribution in [0, 0.1) is 0 Å². The minimum Gasteiger partial charge on any atom is -0.310 e. The summed E-state index contributed by atoms with van der Waals surface area (Å²) < 4.78 is 2.57. The van der Waals surface area contributed by atoms with Crippen LogP contribution in [0.4, 0.5) is 0 Å². The van der Waals surface area contributed by atoms with Gasteiger partial charge in [0.1, 0.15) is 5.15 Å². The van der Waals surface area contributed by atoms with Crippen LogP contribution in [0.25, 0.3) is 21.7 Å². The highest BCUT2D eigenvalue weighted by Gasteiger charge is 2.09. The van der Waals surface area contributed by atoms with Crippen molar-refractivity contribution in [1.82, 2.24) is 9.55 Å². The molecule has 118 valence electrons. The Morgan fingerprint density at radius 3 is 2.75 bits per heavy atom. The first-order valence-electron chi connectivity index (χ1n) is 7.45. The van der Waals surface area contributed by atoms with Gasteiger partial charge in [-0.25, -0.2) is 4.98 Å². The maximum absolute atomic E-state index is 12.7. The van der Waals surface area contributed by atoms with Crippen molar-refractivity contribution in [3.8, 4) is 0 Å². The number of halogens is 2. The van der Waals surface area contributed by atoms with E-state index in [1.807, 2.05) is 54.6 Å². The Morgan fingerprint density at radius 2 is 1.88 bits per heavy atom. The summed E-state index contributed by atoms with van der Waals surface area (Å²) in [5, 5.41) is 3.02. The van der Waals surface area contributed by atoms with Crippen LogP contribution < -0.4 is 5.56 Å². The molecular formula is C19H12BrClN2O. The van der Waals surface area contributed by atoms with E-state index in [2.05, 4.69) is 20.9 Å². The molecule has 0 atom stereocenters. The van der Waals surface area contributed by atoms with Crippen LogP contribution in [-0.4, -0.2) is 9.55 Å². The Hall–Kier alpha value is -2.17. The zero-order valence-corrected chi connectivity index (χ0v) is 14.9. The van der Waals surface area contributed by atoms with Gasteiger partial charge in [0.25, 0.3) is 5.56 Å². The van der Waals surface area contributed by atoms with Gasteiger partial charge >= 0.3 is 0 Å². The maximum atomic E-state index is 12.7. The summed E-state index contributed by atoms with van der Waals surface area (Å²) in [7, 11) is 0. The second-order valence-corrected chi connectivity index (χ2v) is 6.79. The molecule has 3 nitrogen and oxygen atoms in total. The lowest BCUT2D eigenvalue weighted by atomic mass is 10.1. The second kappa shape index (κ2) is 6.04. The number of para-hydroxylation sites is 1. The lowest BCUT2D eigenvalue weighted by Crippen LogP contribution is -2.20. The van der Waals surface area contributed by atoms with Crippen LogP contribution in [0.3, 0.4) is 0 Å². The predicted molar refractivity (Wildman–Crippen MR) is 102 cm³/mol. The summed E-state index contributed by atoms with van der Waals surface area (Å²) in [5.74, 6) is 0. The predicted octanol–water partition coefficient (Wildman–Crippen LogP) is 5.01. The smallest absolute Gasteiger partial charge is 0.258 e. The zero-order chi connectivity index (χ0) is 16.7. The molecule has 0 unspecified atom stereocenters. The SMILES string of the molecule is O=c1c2cccc(Br)c2ccn1Cc1cc2ccccc2nc1Cl. The summed E-state index contributed by atoms with van der Waals surface area (Å²) in [6, 6.07) is 17.3. The minimum atomic E-state index is -0.0435. The molecule has 2 aromatic heterocycles. The average molecular weight is 400 g/mol. The monoisotopic (exact) mass is 398 g/mol. The van der Waals surface area contributed by atoms with E-state index in [0.29, 0.717) is 17.1 Å². The van der Waals surface area contributed by atoms with Crippen molar-refractivity contribution in [3.05, 3.63) is 86.3 Å². The van der Waals surface area contributed by atoms with Crippen molar-refractivity contribution in [1.29, 1.82) is 0 Å². The van der Waals surface area contributed by atoms with Crippen molar-refractivity contribution >= 4 is 49.2 Å². The first kappa shape index (κ1) is 15.4. The summed E-state index contributed by atoms with van der Waals surface area (Å²) >= 11 is 9.80. The van der Waals surface area contributed by atoms with Gasteiger partial charge in [0.2, 0.25) is 0 Å². The van der Waals surface area contributed by atoms with Gasteiger partial charge in [-0.15, -0.1) is 0 Å². The molecule has 24 heavy (non-hydrogen) atoms. The van der Waals surface area contributed by atoms with Gasteiger partial charge in [-0.2, -0.15) is 0 Å². The van der Waals surface area contributed by atoms with E-state index in [4.69, 9.17) is 11.6 Å². The summed E-state index contributed by atoms with van der Waals surface area (Å²) in [4.78, 5) is 17.2. The standard InChI is InChI=1S/C19H12BrClN2O/c20-16-6-3-5-15-14(16)8-9-23(19(15)24)11-13-10-12-4-1-2-7-17(12)22-18(13)21/h1-10H,11H2. The molecule has 0 aliphatic carbocycles. The molecule has 0 fully saturated rings. The number of rotatable bonds is 2. The molecule has 0 aliphatic heterocycles. The van der Waals surface area contributed by atoms with E-state index in [-0.39, 0.29) is 5.56 Å². The van der Waals surface area contributed by atoms with Crippen molar-refractivity contribution < 1.29 is 0 Å². The zero-order valence-electron chi connectivity index (χ0n) is 12.5. The number of hydrogen-bond donors (Lipinski definition) is 0. The fourth-order valence-corrected chi connectivity index (χ4v) is 3.54. The van der Waals surface area contributed by atoms with Crippen LogP contribution in [0.15, 0.2) is 70.1 Å². The number of aromatic nitrogens is 2. The molecular weight excluding hydrogens is 388 g/mol. The Morgan fingerprint density at radius 1 is 1.04 bits per heavy atom. The molecule has 0 spiro atoms. The van der Waals surface area contributed by atoms with Crippen LogP contribution >= 0.6 is 27.5 Å². The fourth-order valence-electron chi connectivity index (χ4n) is 2.83.